The van der Waals surface area contributed by atoms with E-state index < -0.39 is 5.60 Å². The lowest BCUT2D eigenvalue weighted by Gasteiger charge is -2.23. The van der Waals surface area contributed by atoms with Gasteiger partial charge in [-0.2, -0.15) is 11.8 Å². The van der Waals surface area contributed by atoms with Crippen molar-refractivity contribution in [1.82, 2.24) is 10.6 Å². The molecule has 1 aromatic rings. The van der Waals surface area contributed by atoms with Gasteiger partial charge < -0.3 is 15.7 Å². The summed E-state index contributed by atoms with van der Waals surface area (Å²) in [5.74, 6) is 1.65. The van der Waals surface area contributed by atoms with E-state index in [2.05, 4.69) is 30.5 Å². The minimum absolute atomic E-state index is 0.0579. The molecule has 0 saturated carbocycles. The number of amides is 2. The van der Waals surface area contributed by atoms with Crippen LogP contribution in [-0.2, 0) is 0 Å². The first-order valence-corrected chi connectivity index (χ1v) is 8.47. The lowest BCUT2D eigenvalue weighted by Crippen LogP contribution is -2.47. The Morgan fingerprint density at radius 2 is 2.24 bits per heavy atom. The summed E-state index contributed by atoms with van der Waals surface area (Å²) in [5.41, 5.74) is 2.81. The SMILES string of the molecule is Cc1cccc([C@H](C)NC(=O)NC[C@@]2(O)CCSC2)c1C. The van der Waals surface area contributed by atoms with Crippen molar-refractivity contribution in [2.24, 2.45) is 0 Å². The summed E-state index contributed by atoms with van der Waals surface area (Å²) in [6.07, 6.45) is 0.741. The average molecular weight is 308 g/mol. The zero-order valence-corrected chi connectivity index (χ0v) is 13.7. The van der Waals surface area contributed by atoms with Crippen LogP contribution >= 0.6 is 11.8 Å². The van der Waals surface area contributed by atoms with Crippen LogP contribution in [0.2, 0.25) is 0 Å². The summed E-state index contributed by atoms with van der Waals surface area (Å²) in [5, 5.41) is 15.9. The van der Waals surface area contributed by atoms with Crippen LogP contribution in [0.1, 0.15) is 36.1 Å². The molecule has 2 atom stereocenters. The molecule has 116 valence electrons. The number of aliphatic hydroxyl groups is 1. The van der Waals surface area contributed by atoms with Crippen LogP contribution in [0.5, 0.6) is 0 Å². The minimum Gasteiger partial charge on any atom is -0.387 e. The van der Waals surface area contributed by atoms with Crippen molar-refractivity contribution >= 4 is 17.8 Å². The Morgan fingerprint density at radius 1 is 1.48 bits per heavy atom. The molecule has 3 N–H and O–H groups in total. The summed E-state index contributed by atoms with van der Waals surface area (Å²) < 4.78 is 0. The van der Waals surface area contributed by atoms with Crippen molar-refractivity contribution in [2.45, 2.75) is 38.8 Å². The highest BCUT2D eigenvalue weighted by Crippen LogP contribution is 2.27. The van der Waals surface area contributed by atoms with Crippen LogP contribution in [0, 0.1) is 13.8 Å². The summed E-state index contributed by atoms with van der Waals surface area (Å²) >= 11 is 1.73. The molecule has 0 aromatic heterocycles. The predicted octanol–water partition coefficient (Wildman–Crippen LogP) is 2.53. The van der Waals surface area contributed by atoms with Gasteiger partial charge in [-0.15, -0.1) is 0 Å². The first-order valence-electron chi connectivity index (χ1n) is 7.32. The molecule has 1 heterocycles. The van der Waals surface area contributed by atoms with Crippen LogP contribution in [0.4, 0.5) is 4.79 Å². The van der Waals surface area contributed by atoms with E-state index in [1.807, 2.05) is 19.1 Å². The normalized spacial score (nSPS) is 22.9. The Kier molecular flexibility index (Phi) is 5.17. The quantitative estimate of drug-likeness (QED) is 0.801. The maximum atomic E-state index is 12.0. The number of hydrogen-bond donors (Lipinski definition) is 3. The standard InChI is InChI=1S/C16H24N2O2S/c1-11-5-4-6-14(12(11)2)13(3)18-15(19)17-9-16(20)7-8-21-10-16/h4-6,13,20H,7-10H2,1-3H3,(H2,17,18,19)/t13-,16-/m0/s1. The van der Waals surface area contributed by atoms with E-state index in [9.17, 15) is 9.90 Å². The Balaban J connectivity index is 1.88. The highest BCUT2D eigenvalue weighted by Gasteiger charge is 2.32. The number of thioether (sulfide) groups is 1. The van der Waals surface area contributed by atoms with E-state index in [0.29, 0.717) is 12.3 Å². The third-order valence-corrected chi connectivity index (χ3v) is 5.36. The molecule has 4 nitrogen and oxygen atoms in total. The first kappa shape index (κ1) is 16.2. The van der Waals surface area contributed by atoms with E-state index >= 15 is 0 Å². The van der Waals surface area contributed by atoms with Crippen molar-refractivity contribution < 1.29 is 9.90 Å². The van der Waals surface area contributed by atoms with Gasteiger partial charge in [-0.1, -0.05) is 18.2 Å². The summed E-state index contributed by atoms with van der Waals surface area (Å²) in [7, 11) is 0. The second-order valence-corrected chi connectivity index (χ2v) is 6.97. The van der Waals surface area contributed by atoms with Gasteiger partial charge in [-0.25, -0.2) is 4.79 Å². The van der Waals surface area contributed by atoms with Gasteiger partial charge in [0.15, 0.2) is 0 Å². The van der Waals surface area contributed by atoms with E-state index in [1.165, 1.54) is 11.1 Å². The molecule has 0 bridgehead atoms. The van der Waals surface area contributed by atoms with Crippen molar-refractivity contribution in [3.63, 3.8) is 0 Å². The molecule has 1 aliphatic heterocycles. The van der Waals surface area contributed by atoms with Crippen LogP contribution in [0.3, 0.4) is 0 Å². The second kappa shape index (κ2) is 6.71. The highest BCUT2D eigenvalue weighted by atomic mass is 32.2. The summed E-state index contributed by atoms with van der Waals surface area (Å²) in [4.78, 5) is 12.0. The van der Waals surface area contributed by atoms with E-state index in [0.717, 1.165) is 17.7 Å². The molecule has 1 saturated heterocycles. The molecule has 21 heavy (non-hydrogen) atoms. The molecule has 1 aromatic carbocycles. The number of hydrogen-bond acceptors (Lipinski definition) is 3. The molecule has 0 spiro atoms. The molecule has 0 unspecified atom stereocenters. The zero-order valence-electron chi connectivity index (χ0n) is 12.9. The maximum Gasteiger partial charge on any atom is 0.315 e. The van der Waals surface area contributed by atoms with Crippen LogP contribution < -0.4 is 10.6 Å². The van der Waals surface area contributed by atoms with Gasteiger partial charge >= 0.3 is 6.03 Å². The molecule has 0 radical (unpaired) electrons. The second-order valence-electron chi connectivity index (χ2n) is 5.86. The topological polar surface area (TPSA) is 61.4 Å². The Morgan fingerprint density at radius 3 is 2.90 bits per heavy atom. The number of carbonyl (C=O) groups excluding carboxylic acids is 1. The number of nitrogens with one attached hydrogen (secondary N) is 2. The molecule has 1 aliphatic rings. The molecule has 1 fully saturated rings. The van der Waals surface area contributed by atoms with E-state index in [4.69, 9.17) is 0 Å². The molecule has 2 amide bonds. The molecular formula is C16H24N2O2S. The highest BCUT2D eigenvalue weighted by molar-refractivity contribution is 7.99. The minimum atomic E-state index is -0.746. The lowest BCUT2D eigenvalue weighted by molar-refractivity contribution is 0.0699. The predicted molar refractivity (Wildman–Crippen MR) is 87.8 cm³/mol. The monoisotopic (exact) mass is 308 g/mol. The Labute approximate surface area is 130 Å². The third kappa shape index (κ3) is 4.14. The molecule has 2 rings (SSSR count). The Bertz CT molecular complexity index is 513. The van der Waals surface area contributed by atoms with Gasteiger partial charge in [0.25, 0.3) is 0 Å². The van der Waals surface area contributed by atoms with Crippen LogP contribution in [-0.4, -0.2) is 34.8 Å². The van der Waals surface area contributed by atoms with Crippen molar-refractivity contribution in [1.29, 1.82) is 0 Å². The Hall–Kier alpha value is -1.20. The number of benzene rings is 1. The lowest BCUT2D eigenvalue weighted by atomic mass is 9.98. The maximum absolute atomic E-state index is 12.0. The number of aryl methyl sites for hydroxylation is 1. The van der Waals surface area contributed by atoms with E-state index in [-0.39, 0.29) is 12.1 Å². The van der Waals surface area contributed by atoms with Gasteiger partial charge in [0, 0.05) is 12.3 Å². The fraction of sp³-hybridized carbons (Fsp3) is 0.562. The first-order chi connectivity index (χ1) is 9.91. The molecule has 5 heteroatoms. The van der Waals surface area contributed by atoms with Gasteiger partial charge in [0.05, 0.1) is 11.6 Å². The number of urea groups is 1. The largest absolute Gasteiger partial charge is 0.387 e. The molecule has 0 aliphatic carbocycles. The summed E-state index contributed by atoms with van der Waals surface area (Å²) in [6.45, 7) is 6.42. The summed E-state index contributed by atoms with van der Waals surface area (Å²) in [6, 6.07) is 5.82. The van der Waals surface area contributed by atoms with Crippen molar-refractivity contribution in [3.8, 4) is 0 Å². The van der Waals surface area contributed by atoms with Gasteiger partial charge in [-0.05, 0) is 49.6 Å². The smallest absolute Gasteiger partial charge is 0.315 e. The fourth-order valence-corrected chi connectivity index (χ4v) is 3.84. The van der Waals surface area contributed by atoms with Gasteiger partial charge in [0.2, 0.25) is 0 Å². The zero-order chi connectivity index (χ0) is 15.5. The van der Waals surface area contributed by atoms with Crippen molar-refractivity contribution in [3.05, 3.63) is 34.9 Å². The van der Waals surface area contributed by atoms with Crippen LogP contribution in [0.15, 0.2) is 18.2 Å². The van der Waals surface area contributed by atoms with Crippen LogP contribution in [0.25, 0.3) is 0 Å². The average Bonchev–Trinajstić information content (AvgIpc) is 2.87. The van der Waals surface area contributed by atoms with Gasteiger partial charge in [-0.3, -0.25) is 0 Å². The van der Waals surface area contributed by atoms with Crippen molar-refractivity contribution in [2.75, 3.05) is 18.1 Å². The number of rotatable bonds is 4. The molecular weight excluding hydrogens is 284 g/mol. The fourth-order valence-electron chi connectivity index (χ4n) is 2.55. The van der Waals surface area contributed by atoms with Gasteiger partial charge in [0.1, 0.15) is 0 Å². The number of carbonyl (C=O) groups is 1. The third-order valence-electron chi connectivity index (χ3n) is 4.12. The van der Waals surface area contributed by atoms with E-state index in [1.54, 1.807) is 11.8 Å².